The molecular formula is C14H10Br2F3NO. The maximum Gasteiger partial charge on any atom is 0.416 e. The predicted molar refractivity (Wildman–Crippen MR) is 82.0 cm³/mol. The molecule has 112 valence electrons. The van der Waals surface area contributed by atoms with Gasteiger partial charge < -0.3 is 10.5 Å². The first kappa shape index (κ1) is 16.2. The summed E-state index contributed by atoms with van der Waals surface area (Å²) < 4.78 is 44.7. The Balaban J connectivity index is 2.18. The number of nitrogens with two attached hydrogens (primary N) is 1. The van der Waals surface area contributed by atoms with E-state index in [0.717, 1.165) is 12.1 Å². The van der Waals surface area contributed by atoms with Gasteiger partial charge in [0.25, 0.3) is 0 Å². The van der Waals surface area contributed by atoms with Gasteiger partial charge in [-0.05, 0) is 61.7 Å². The lowest BCUT2D eigenvalue weighted by molar-refractivity contribution is -0.137. The van der Waals surface area contributed by atoms with E-state index in [2.05, 4.69) is 31.9 Å². The number of halogens is 5. The Morgan fingerprint density at radius 2 is 1.67 bits per heavy atom. The van der Waals surface area contributed by atoms with Crippen LogP contribution in [0.4, 0.5) is 18.9 Å². The first-order chi connectivity index (χ1) is 9.77. The van der Waals surface area contributed by atoms with Crippen molar-refractivity contribution >= 4 is 37.5 Å². The van der Waals surface area contributed by atoms with Crippen molar-refractivity contribution in [3.63, 3.8) is 0 Å². The Labute approximate surface area is 136 Å². The molecular weight excluding hydrogens is 415 g/mol. The van der Waals surface area contributed by atoms with Gasteiger partial charge in [0.2, 0.25) is 0 Å². The van der Waals surface area contributed by atoms with Crippen LogP contribution in [0.3, 0.4) is 0 Å². The van der Waals surface area contributed by atoms with Crippen LogP contribution in [0.1, 0.15) is 11.1 Å². The Kier molecular flexibility index (Phi) is 4.83. The van der Waals surface area contributed by atoms with Crippen LogP contribution < -0.4 is 10.5 Å². The van der Waals surface area contributed by atoms with E-state index < -0.39 is 11.7 Å². The Bertz CT molecular complexity index is 636. The highest BCUT2D eigenvalue weighted by atomic mass is 79.9. The van der Waals surface area contributed by atoms with E-state index in [0.29, 0.717) is 25.9 Å². The van der Waals surface area contributed by atoms with E-state index in [9.17, 15) is 13.2 Å². The van der Waals surface area contributed by atoms with Crippen molar-refractivity contribution in [3.05, 3.63) is 56.5 Å². The quantitative estimate of drug-likeness (QED) is 0.670. The molecule has 7 heteroatoms. The molecule has 0 fully saturated rings. The van der Waals surface area contributed by atoms with Crippen molar-refractivity contribution in [2.75, 3.05) is 5.73 Å². The topological polar surface area (TPSA) is 35.2 Å². The molecule has 0 bridgehead atoms. The highest BCUT2D eigenvalue weighted by Gasteiger charge is 2.30. The van der Waals surface area contributed by atoms with Gasteiger partial charge in [0.05, 0.1) is 14.5 Å². The molecule has 0 saturated heterocycles. The van der Waals surface area contributed by atoms with E-state index >= 15 is 0 Å². The fraction of sp³-hybridized carbons (Fsp3) is 0.143. The molecule has 0 aromatic heterocycles. The van der Waals surface area contributed by atoms with Crippen LogP contribution in [0.25, 0.3) is 0 Å². The first-order valence-electron chi connectivity index (χ1n) is 5.81. The van der Waals surface area contributed by atoms with Crippen LogP contribution in [0.2, 0.25) is 0 Å². The molecule has 2 aromatic carbocycles. The number of ether oxygens (including phenoxy) is 1. The molecule has 2 N–H and O–H groups in total. The van der Waals surface area contributed by atoms with Crippen molar-refractivity contribution in [1.29, 1.82) is 0 Å². The minimum Gasteiger partial charge on any atom is -0.487 e. The van der Waals surface area contributed by atoms with Gasteiger partial charge in [0.1, 0.15) is 12.4 Å². The second-order valence-corrected chi connectivity index (χ2v) is 6.01. The smallest absolute Gasteiger partial charge is 0.416 e. The van der Waals surface area contributed by atoms with E-state index in [1.165, 1.54) is 6.07 Å². The highest BCUT2D eigenvalue weighted by Crippen LogP contribution is 2.36. The van der Waals surface area contributed by atoms with Crippen LogP contribution in [0.15, 0.2) is 45.3 Å². The molecule has 0 aliphatic rings. The van der Waals surface area contributed by atoms with Crippen molar-refractivity contribution in [2.45, 2.75) is 12.8 Å². The van der Waals surface area contributed by atoms with Crippen LogP contribution in [-0.4, -0.2) is 0 Å². The maximum atomic E-state index is 12.6. The number of anilines is 1. The zero-order chi connectivity index (χ0) is 15.6. The molecule has 0 radical (unpaired) electrons. The maximum absolute atomic E-state index is 12.6. The summed E-state index contributed by atoms with van der Waals surface area (Å²) in [6, 6.07) is 8.35. The molecule has 0 unspecified atom stereocenters. The molecule has 2 rings (SSSR count). The number of hydrogen-bond acceptors (Lipinski definition) is 2. The average Bonchev–Trinajstić information content (AvgIpc) is 2.36. The standard InChI is InChI=1S/C14H10Br2F3NO/c15-11-5-10(20)6-12(16)13(11)21-7-8-2-1-3-9(4-8)14(17,18)19/h1-6H,7,20H2. The lowest BCUT2D eigenvalue weighted by Gasteiger charge is -2.12. The average molecular weight is 425 g/mol. The normalized spacial score (nSPS) is 11.5. The molecule has 21 heavy (non-hydrogen) atoms. The van der Waals surface area contributed by atoms with Gasteiger partial charge in [0, 0.05) is 5.69 Å². The predicted octanol–water partition coefficient (Wildman–Crippen LogP) is 5.39. The summed E-state index contributed by atoms with van der Waals surface area (Å²) in [7, 11) is 0. The molecule has 2 aromatic rings. The van der Waals surface area contributed by atoms with Crippen LogP contribution in [-0.2, 0) is 12.8 Å². The summed E-state index contributed by atoms with van der Waals surface area (Å²) >= 11 is 6.61. The third kappa shape index (κ3) is 4.14. The Hall–Kier alpha value is -1.21. The highest BCUT2D eigenvalue weighted by molar-refractivity contribution is 9.11. The molecule has 0 aliphatic heterocycles. The van der Waals surface area contributed by atoms with Crippen LogP contribution in [0.5, 0.6) is 5.75 Å². The van der Waals surface area contributed by atoms with Gasteiger partial charge >= 0.3 is 6.18 Å². The minimum atomic E-state index is -4.36. The number of nitrogen functional groups attached to an aromatic ring is 1. The van der Waals surface area contributed by atoms with Gasteiger partial charge in [0.15, 0.2) is 0 Å². The third-order valence-electron chi connectivity index (χ3n) is 2.66. The zero-order valence-electron chi connectivity index (χ0n) is 10.5. The molecule has 0 saturated carbocycles. The number of rotatable bonds is 3. The zero-order valence-corrected chi connectivity index (χ0v) is 13.7. The van der Waals surface area contributed by atoms with E-state index in [1.54, 1.807) is 18.2 Å². The molecule has 0 atom stereocenters. The summed E-state index contributed by atoms with van der Waals surface area (Å²) in [5.74, 6) is 0.488. The number of hydrogen-bond donors (Lipinski definition) is 1. The Morgan fingerprint density at radius 3 is 2.24 bits per heavy atom. The summed E-state index contributed by atoms with van der Waals surface area (Å²) in [4.78, 5) is 0. The second-order valence-electron chi connectivity index (χ2n) is 4.30. The molecule has 0 aliphatic carbocycles. The number of benzene rings is 2. The van der Waals surface area contributed by atoms with Crippen molar-refractivity contribution in [2.24, 2.45) is 0 Å². The molecule has 0 amide bonds. The van der Waals surface area contributed by atoms with Crippen molar-refractivity contribution < 1.29 is 17.9 Å². The molecule has 0 heterocycles. The van der Waals surface area contributed by atoms with Crippen molar-refractivity contribution in [1.82, 2.24) is 0 Å². The monoisotopic (exact) mass is 423 g/mol. The fourth-order valence-corrected chi connectivity index (χ4v) is 3.16. The van der Waals surface area contributed by atoms with Gasteiger partial charge in [-0.2, -0.15) is 13.2 Å². The first-order valence-corrected chi connectivity index (χ1v) is 7.39. The fourth-order valence-electron chi connectivity index (χ4n) is 1.71. The summed E-state index contributed by atoms with van der Waals surface area (Å²) in [5.41, 5.74) is 5.94. The lowest BCUT2D eigenvalue weighted by Crippen LogP contribution is -2.06. The second kappa shape index (κ2) is 6.27. The SMILES string of the molecule is Nc1cc(Br)c(OCc2cccc(C(F)(F)F)c2)c(Br)c1. The summed E-state index contributed by atoms with van der Waals surface area (Å²) in [6.45, 7) is 0.0189. The van der Waals surface area contributed by atoms with Gasteiger partial charge in [-0.3, -0.25) is 0 Å². The van der Waals surface area contributed by atoms with Crippen LogP contribution >= 0.6 is 31.9 Å². The molecule has 2 nitrogen and oxygen atoms in total. The summed E-state index contributed by atoms with van der Waals surface area (Å²) in [6.07, 6.45) is -4.36. The van der Waals surface area contributed by atoms with Crippen LogP contribution in [0, 0.1) is 0 Å². The Morgan fingerprint density at radius 1 is 1.05 bits per heavy atom. The number of alkyl halides is 3. The minimum absolute atomic E-state index is 0.0189. The van der Waals surface area contributed by atoms with E-state index in [1.807, 2.05) is 0 Å². The van der Waals surface area contributed by atoms with Gasteiger partial charge in [-0.15, -0.1) is 0 Å². The van der Waals surface area contributed by atoms with Gasteiger partial charge in [-0.1, -0.05) is 12.1 Å². The van der Waals surface area contributed by atoms with Gasteiger partial charge in [-0.25, -0.2) is 0 Å². The largest absolute Gasteiger partial charge is 0.487 e. The van der Waals surface area contributed by atoms with E-state index in [4.69, 9.17) is 10.5 Å². The van der Waals surface area contributed by atoms with Crippen molar-refractivity contribution in [3.8, 4) is 5.75 Å². The molecule has 0 spiro atoms. The third-order valence-corrected chi connectivity index (χ3v) is 3.84. The van der Waals surface area contributed by atoms with E-state index in [-0.39, 0.29) is 6.61 Å². The lowest BCUT2D eigenvalue weighted by atomic mass is 10.1. The summed E-state index contributed by atoms with van der Waals surface area (Å²) in [5, 5.41) is 0.